The lowest BCUT2D eigenvalue weighted by Gasteiger charge is -2.39. The van der Waals surface area contributed by atoms with Crippen LogP contribution in [0.15, 0.2) is 24.3 Å². The van der Waals surface area contributed by atoms with Gasteiger partial charge in [-0.3, -0.25) is 0 Å². The third kappa shape index (κ3) is 1.22. The van der Waals surface area contributed by atoms with E-state index in [0.29, 0.717) is 5.41 Å². The minimum absolute atomic E-state index is 0.450. The Morgan fingerprint density at radius 1 is 1.22 bits per heavy atom. The predicted octanol–water partition coefficient (Wildman–Crippen LogP) is 2.50. The fraction of sp³-hybridized carbons (Fsp3) is 0.625. The molecule has 0 spiro atoms. The summed E-state index contributed by atoms with van der Waals surface area (Å²) in [6.45, 7) is 2.55. The lowest BCUT2D eigenvalue weighted by atomic mass is 9.64. The Morgan fingerprint density at radius 3 is 2.78 bits per heavy atom. The summed E-state index contributed by atoms with van der Waals surface area (Å²) in [5.41, 5.74) is 8.75. The summed E-state index contributed by atoms with van der Waals surface area (Å²) >= 11 is 0. The van der Waals surface area contributed by atoms with E-state index in [2.05, 4.69) is 36.2 Å². The van der Waals surface area contributed by atoms with Crippen LogP contribution in [0.3, 0.4) is 0 Å². The Bertz CT molecular complexity index is 466. The lowest BCUT2D eigenvalue weighted by Crippen LogP contribution is -2.40. The average Bonchev–Trinajstić information content (AvgIpc) is 2.99. The molecule has 1 heterocycles. The minimum atomic E-state index is 0.450. The summed E-state index contributed by atoms with van der Waals surface area (Å²) in [5.74, 6) is 2.79. The van der Waals surface area contributed by atoms with E-state index in [0.717, 1.165) is 23.4 Å². The van der Waals surface area contributed by atoms with Crippen LogP contribution in [-0.4, -0.2) is 25.0 Å². The van der Waals surface area contributed by atoms with Crippen molar-refractivity contribution >= 4 is 5.69 Å². The van der Waals surface area contributed by atoms with Crippen LogP contribution in [0.25, 0.3) is 0 Å². The third-order valence-electron chi connectivity index (χ3n) is 5.92. The molecule has 1 saturated heterocycles. The first-order chi connectivity index (χ1) is 8.70. The Morgan fingerprint density at radius 2 is 2.00 bits per heavy atom. The second-order valence-corrected chi connectivity index (χ2v) is 6.74. The van der Waals surface area contributed by atoms with Crippen molar-refractivity contribution in [1.29, 1.82) is 0 Å². The van der Waals surface area contributed by atoms with Gasteiger partial charge in [-0.05, 0) is 61.8 Å². The Hall–Kier alpha value is -1.02. The highest BCUT2D eigenvalue weighted by Gasteiger charge is 2.61. The van der Waals surface area contributed by atoms with E-state index in [4.69, 9.17) is 5.73 Å². The van der Waals surface area contributed by atoms with Crippen molar-refractivity contribution in [3.05, 3.63) is 29.8 Å². The number of anilines is 1. The molecule has 0 amide bonds. The van der Waals surface area contributed by atoms with Crippen LogP contribution in [0.2, 0.25) is 0 Å². The molecule has 2 heteroatoms. The van der Waals surface area contributed by atoms with Crippen molar-refractivity contribution in [2.75, 3.05) is 25.9 Å². The van der Waals surface area contributed by atoms with Gasteiger partial charge < -0.3 is 10.6 Å². The lowest BCUT2D eigenvalue weighted by molar-refractivity contribution is 0.223. The summed E-state index contributed by atoms with van der Waals surface area (Å²) in [4.78, 5) is 2.55. The highest BCUT2D eigenvalue weighted by Crippen LogP contribution is 2.63. The van der Waals surface area contributed by atoms with E-state index in [1.165, 1.54) is 32.4 Å². The number of rotatable bonds is 1. The zero-order chi connectivity index (χ0) is 12.3. The smallest absolute Gasteiger partial charge is 0.0314 e. The maximum atomic E-state index is 5.85. The first-order valence-electron chi connectivity index (χ1n) is 7.25. The summed E-state index contributed by atoms with van der Waals surface area (Å²) in [6, 6.07) is 8.77. The molecule has 2 bridgehead atoms. The van der Waals surface area contributed by atoms with Gasteiger partial charge in [0, 0.05) is 24.2 Å². The maximum absolute atomic E-state index is 5.85. The molecule has 3 fully saturated rings. The summed E-state index contributed by atoms with van der Waals surface area (Å²) < 4.78 is 0. The topological polar surface area (TPSA) is 29.3 Å². The first-order valence-corrected chi connectivity index (χ1v) is 7.25. The summed E-state index contributed by atoms with van der Waals surface area (Å²) in [7, 11) is 2.29. The number of nitrogen functional groups attached to an aromatic ring is 1. The van der Waals surface area contributed by atoms with Gasteiger partial charge in [-0.2, -0.15) is 0 Å². The van der Waals surface area contributed by atoms with Crippen molar-refractivity contribution in [3.8, 4) is 0 Å². The van der Waals surface area contributed by atoms with E-state index in [1.54, 1.807) is 5.56 Å². The largest absolute Gasteiger partial charge is 0.399 e. The number of hydrogen-bond acceptors (Lipinski definition) is 2. The number of hydrogen-bond donors (Lipinski definition) is 1. The van der Waals surface area contributed by atoms with Gasteiger partial charge in [0.1, 0.15) is 0 Å². The molecule has 0 aromatic heterocycles. The van der Waals surface area contributed by atoms with Crippen LogP contribution in [0.1, 0.15) is 24.8 Å². The number of benzene rings is 1. The molecule has 18 heavy (non-hydrogen) atoms. The van der Waals surface area contributed by atoms with Gasteiger partial charge in [0.05, 0.1) is 0 Å². The quantitative estimate of drug-likeness (QED) is 0.767. The molecule has 2 saturated carbocycles. The number of fused-ring (bicyclic) bond motifs is 5. The molecular formula is C16H22N2. The molecule has 4 atom stereocenters. The van der Waals surface area contributed by atoms with Gasteiger partial charge in [-0.1, -0.05) is 12.1 Å². The molecular weight excluding hydrogens is 220 g/mol. The fourth-order valence-corrected chi connectivity index (χ4v) is 5.31. The van der Waals surface area contributed by atoms with Crippen LogP contribution in [0.5, 0.6) is 0 Å². The molecule has 2 aliphatic carbocycles. The summed E-state index contributed by atoms with van der Waals surface area (Å²) in [6.07, 6.45) is 4.39. The highest BCUT2D eigenvalue weighted by atomic mass is 15.1. The molecule has 0 radical (unpaired) electrons. The van der Waals surface area contributed by atoms with E-state index in [9.17, 15) is 0 Å². The molecule has 1 aromatic carbocycles. The molecule has 4 unspecified atom stereocenters. The molecule has 2 N–H and O–H groups in total. The van der Waals surface area contributed by atoms with Gasteiger partial charge >= 0.3 is 0 Å². The van der Waals surface area contributed by atoms with Crippen LogP contribution >= 0.6 is 0 Å². The number of likely N-dealkylation sites (tertiary alicyclic amines) is 1. The van der Waals surface area contributed by atoms with Gasteiger partial charge in [0.25, 0.3) is 0 Å². The Balaban J connectivity index is 1.82. The Labute approximate surface area is 109 Å². The number of nitrogens with two attached hydrogens (primary N) is 1. The SMILES string of the molecule is CN1CC2C3CCC(C3)C2(c2ccc(N)cc2)C1. The van der Waals surface area contributed by atoms with Gasteiger partial charge in [0.15, 0.2) is 0 Å². The van der Waals surface area contributed by atoms with Gasteiger partial charge in [-0.15, -0.1) is 0 Å². The second-order valence-electron chi connectivity index (χ2n) is 6.74. The predicted molar refractivity (Wildman–Crippen MR) is 74.4 cm³/mol. The fourth-order valence-electron chi connectivity index (χ4n) is 5.31. The third-order valence-corrected chi connectivity index (χ3v) is 5.92. The van der Waals surface area contributed by atoms with E-state index < -0.39 is 0 Å². The number of likely N-dealkylation sites (N-methyl/N-ethyl adjacent to an activating group) is 1. The van der Waals surface area contributed by atoms with Crippen molar-refractivity contribution in [1.82, 2.24) is 4.90 Å². The number of nitrogens with zero attached hydrogens (tertiary/aromatic N) is 1. The van der Waals surface area contributed by atoms with Crippen LogP contribution in [0.4, 0.5) is 5.69 Å². The maximum Gasteiger partial charge on any atom is 0.0314 e. The first kappa shape index (κ1) is 10.9. The average molecular weight is 242 g/mol. The molecule has 3 aliphatic rings. The van der Waals surface area contributed by atoms with Crippen LogP contribution < -0.4 is 5.73 Å². The zero-order valence-electron chi connectivity index (χ0n) is 11.1. The van der Waals surface area contributed by atoms with Crippen LogP contribution in [-0.2, 0) is 5.41 Å². The van der Waals surface area contributed by atoms with Gasteiger partial charge in [0.2, 0.25) is 0 Å². The minimum Gasteiger partial charge on any atom is -0.399 e. The van der Waals surface area contributed by atoms with E-state index >= 15 is 0 Å². The molecule has 96 valence electrons. The zero-order valence-corrected chi connectivity index (χ0v) is 11.1. The molecule has 1 aliphatic heterocycles. The van der Waals surface area contributed by atoms with Crippen molar-refractivity contribution in [2.45, 2.75) is 24.7 Å². The van der Waals surface area contributed by atoms with Crippen molar-refractivity contribution < 1.29 is 0 Å². The molecule has 4 rings (SSSR count). The molecule has 2 nitrogen and oxygen atoms in total. The normalized spacial score (nSPS) is 42.4. The van der Waals surface area contributed by atoms with E-state index in [-0.39, 0.29) is 0 Å². The van der Waals surface area contributed by atoms with Gasteiger partial charge in [-0.25, -0.2) is 0 Å². The molecule has 1 aromatic rings. The highest BCUT2D eigenvalue weighted by molar-refractivity contribution is 5.44. The Kier molecular flexibility index (Phi) is 2.12. The standard InChI is InChI=1S/C16H22N2/c1-18-9-15-11-2-3-13(8-11)16(15,10-18)12-4-6-14(17)7-5-12/h4-7,11,13,15H,2-3,8-10,17H2,1H3. The monoisotopic (exact) mass is 242 g/mol. The van der Waals surface area contributed by atoms with Crippen molar-refractivity contribution in [3.63, 3.8) is 0 Å². The second kappa shape index (κ2) is 3.51. The van der Waals surface area contributed by atoms with Crippen molar-refractivity contribution in [2.24, 2.45) is 17.8 Å². The van der Waals surface area contributed by atoms with Crippen LogP contribution in [0, 0.1) is 17.8 Å². The summed E-state index contributed by atoms with van der Waals surface area (Å²) in [5, 5.41) is 0. The van der Waals surface area contributed by atoms with E-state index in [1.807, 2.05) is 0 Å².